The molecule has 41 heavy (non-hydrogen) atoms. The molecule has 0 saturated heterocycles. The molecule has 0 atom stereocenters. The molecule has 0 spiro atoms. The van der Waals surface area contributed by atoms with E-state index >= 15 is 0 Å². The maximum absolute atomic E-state index is 12.8. The topological polar surface area (TPSA) is 178 Å². The third-order valence-corrected chi connectivity index (χ3v) is 9.06. The van der Waals surface area contributed by atoms with Crippen molar-refractivity contribution < 1.29 is 30.7 Å². The van der Waals surface area contributed by atoms with Crippen molar-refractivity contribution >= 4 is 65.1 Å². The summed E-state index contributed by atoms with van der Waals surface area (Å²) in [6.45, 7) is 1.68. The Morgan fingerprint density at radius 3 is 2.29 bits per heavy atom. The van der Waals surface area contributed by atoms with Crippen LogP contribution in [0.3, 0.4) is 0 Å². The molecule has 212 valence electrons. The Hall–Kier alpha value is -4.13. The van der Waals surface area contributed by atoms with Crippen LogP contribution in [0.2, 0.25) is 0 Å². The minimum absolute atomic E-state index is 0.0862. The highest BCUT2D eigenvalue weighted by Gasteiger charge is 2.21. The quantitative estimate of drug-likeness (QED) is 0.139. The predicted molar refractivity (Wildman–Crippen MR) is 158 cm³/mol. The van der Waals surface area contributed by atoms with Gasteiger partial charge in [0.05, 0.1) is 16.0 Å². The summed E-state index contributed by atoms with van der Waals surface area (Å²) in [6.07, 6.45) is 1.42. The lowest BCUT2D eigenvalue weighted by atomic mass is 10.1. The molecule has 14 heteroatoms. The molecule has 0 fully saturated rings. The smallest absolute Gasteiger partial charge is 0.296 e. The van der Waals surface area contributed by atoms with Gasteiger partial charge >= 0.3 is 0 Å². The van der Waals surface area contributed by atoms with E-state index in [2.05, 4.69) is 10.3 Å². The van der Waals surface area contributed by atoms with Crippen LogP contribution in [0.4, 0.5) is 11.4 Å². The van der Waals surface area contributed by atoms with Crippen LogP contribution in [0, 0.1) is 18.3 Å². The molecule has 0 aliphatic rings. The van der Waals surface area contributed by atoms with E-state index < -0.39 is 31.9 Å². The summed E-state index contributed by atoms with van der Waals surface area (Å²) in [5.74, 6) is -1.04. The largest absolute Gasteiger partial charge is 0.373 e. The molecule has 3 N–H and O–H groups in total. The van der Waals surface area contributed by atoms with Crippen molar-refractivity contribution in [1.82, 2.24) is 4.98 Å². The van der Waals surface area contributed by atoms with Crippen molar-refractivity contribution in [2.75, 3.05) is 29.6 Å². The first-order valence-electron chi connectivity index (χ1n) is 11.9. The van der Waals surface area contributed by atoms with E-state index in [9.17, 15) is 31.4 Å². The Morgan fingerprint density at radius 2 is 1.71 bits per heavy atom. The van der Waals surface area contributed by atoms with E-state index in [0.29, 0.717) is 43.3 Å². The van der Waals surface area contributed by atoms with Crippen LogP contribution in [-0.4, -0.2) is 56.2 Å². The molecule has 3 aromatic carbocycles. The summed E-state index contributed by atoms with van der Waals surface area (Å²) >= 11 is 1.12. The maximum Gasteiger partial charge on any atom is 0.296 e. The van der Waals surface area contributed by atoms with Crippen molar-refractivity contribution in [3.8, 4) is 16.6 Å². The first kappa shape index (κ1) is 29.8. The van der Waals surface area contributed by atoms with Crippen molar-refractivity contribution in [3.05, 3.63) is 77.4 Å². The normalized spacial score (nSPS) is 12.2. The zero-order chi connectivity index (χ0) is 29.9. The van der Waals surface area contributed by atoms with Gasteiger partial charge < -0.3 is 10.2 Å². The number of amides is 1. The summed E-state index contributed by atoms with van der Waals surface area (Å²) in [6, 6.07) is 18.5. The number of carbonyl (C=O) groups excluding carboxylic acids is 1. The number of hydrogen-bond donors (Lipinski definition) is 3. The van der Waals surface area contributed by atoms with Crippen LogP contribution in [0.1, 0.15) is 11.1 Å². The molecular formula is C27H24N4O7S3. The summed E-state index contributed by atoms with van der Waals surface area (Å²) in [4.78, 5) is 18.7. The molecule has 11 nitrogen and oxygen atoms in total. The van der Waals surface area contributed by atoms with E-state index in [0.717, 1.165) is 11.3 Å². The molecule has 0 radical (unpaired) electrons. The second kappa shape index (κ2) is 11.8. The standard InChI is InChI=1S/C27H24N4O7S3/c1-17-3-12-23-24(25(17)41(36,37)38)39-27(30-23)19-6-8-21(9-7-19)29-26(32)20(16-28)15-18-4-10-22(11-5-18)31(2)13-14-40(33,34)35/h3-12,15H,13-14H2,1-2H3,(H,29,32)(H,33,34,35)(H,36,37,38)/b20-15+. The highest BCUT2D eigenvalue weighted by atomic mass is 32.2. The molecule has 0 unspecified atom stereocenters. The van der Waals surface area contributed by atoms with E-state index in [4.69, 9.17) is 4.55 Å². The lowest BCUT2D eigenvalue weighted by Crippen LogP contribution is -2.24. The number of aryl methyl sites for hydroxylation is 1. The van der Waals surface area contributed by atoms with Gasteiger partial charge in [-0.2, -0.15) is 22.1 Å². The van der Waals surface area contributed by atoms with Gasteiger partial charge in [0.15, 0.2) is 0 Å². The van der Waals surface area contributed by atoms with Crippen LogP contribution in [0.15, 0.2) is 71.1 Å². The number of thiazole rings is 1. The number of hydrogen-bond acceptors (Lipinski definition) is 9. The van der Waals surface area contributed by atoms with Gasteiger partial charge in [-0.25, -0.2) is 4.98 Å². The first-order chi connectivity index (χ1) is 19.2. The SMILES string of the molecule is Cc1ccc2nc(-c3ccc(NC(=O)/C(C#N)=C/c4ccc(N(C)CCS(=O)(=O)O)cc4)cc3)sc2c1S(=O)(=O)O. The molecule has 0 aliphatic carbocycles. The van der Waals surface area contributed by atoms with Gasteiger partial charge in [-0.05, 0) is 66.6 Å². The van der Waals surface area contributed by atoms with Crippen LogP contribution in [-0.2, 0) is 25.0 Å². The zero-order valence-electron chi connectivity index (χ0n) is 21.8. The fourth-order valence-corrected chi connectivity index (χ4v) is 6.75. The Bertz CT molecular complexity index is 1910. The van der Waals surface area contributed by atoms with Gasteiger partial charge in [-0.3, -0.25) is 13.9 Å². The predicted octanol–water partition coefficient (Wildman–Crippen LogP) is 4.39. The second-order valence-corrected chi connectivity index (χ2v) is 13.0. The lowest BCUT2D eigenvalue weighted by molar-refractivity contribution is -0.112. The number of anilines is 2. The number of nitrogens with zero attached hydrogens (tertiary/aromatic N) is 3. The average Bonchev–Trinajstić information content (AvgIpc) is 3.33. The Balaban J connectivity index is 1.47. The average molecular weight is 613 g/mol. The molecule has 4 rings (SSSR count). The first-order valence-corrected chi connectivity index (χ1v) is 15.8. The van der Waals surface area contributed by atoms with Crippen molar-refractivity contribution in [3.63, 3.8) is 0 Å². The highest BCUT2D eigenvalue weighted by molar-refractivity contribution is 7.86. The van der Waals surface area contributed by atoms with Gasteiger partial charge in [0.1, 0.15) is 21.5 Å². The summed E-state index contributed by atoms with van der Waals surface area (Å²) in [7, 11) is -6.85. The molecule has 0 aliphatic heterocycles. The van der Waals surface area contributed by atoms with E-state index in [1.165, 1.54) is 6.08 Å². The molecular weight excluding hydrogens is 589 g/mol. The number of carbonyl (C=O) groups is 1. The summed E-state index contributed by atoms with van der Waals surface area (Å²) in [5, 5.41) is 12.7. The van der Waals surface area contributed by atoms with Gasteiger partial charge in [0, 0.05) is 30.5 Å². The minimum Gasteiger partial charge on any atom is -0.373 e. The molecule has 1 amide bonds. The van der Waals surface area contributed by atoms with E-state index in [1.54, 1.807) is 79.5 Å². The Kier molecular flexibility index (Phi) is 8.57. The van der Waals surface area contributed by atoms with Crippen LogP contribution in [0.5, 0.6) is 0 Å². The highest BCUT2D eigenvalue weighted by Crippen LogP contribution is 2.36. The van der Waals surface area contributed by atoms with E-state index in [-0.39, 0.29) is 17.0 Å². The maximum atomic E-state index is 12.8. The lowest BCUT2D eigenvalue weighted by Gasteiger charge is -2.18. The monoisotopic (exact) mass is 612 g/mol. The Morgan fingerprint density at radius 1 is 1.05 bits per heavy atom. The van der Waals surface area contributed by atoms with Crippen LogP contribution < -0.4 is 10.2 Å². The number of rotatable bonds is 9. The van der Waals surface area contributed by atoms with Crippen molar-refractivity contribution in [1.29, 1.82) is 5.26 Å². The third kappa shape index (κ3) is 7.34. The number of nitrogens with one attached hydrogen (secondary N) is 1. The van der Waals surface area contributed by atoms with Gasteiger partial charge in [-0.15, -0.1) is 11.3 Å². The molecule has 4 aromatic rings. The van der Waals surface area contributed by atoms with Gasteiger partial charge in [0.25, 0.3) is 26.1 Å². The van der Waals surface area contributed by atoms with E-state index in [1.807, 2.05) is 6.07 Å². The zero-order valence-corrected chi connectivity index (χ0v) is 24.2. The second-order valence-electron chi connectivity index (χ2n) is 9.05. The molecule has 1 aromatic heterocycles. The molecule has 0 saturated carbocycles. The third-order valence-electron chi connectivity index (χ3n) is 6.05. The van der Waals surface area contributed by atoms with Crippen LogP contribution >= 0.6 is 11.3 Å². The number of benzene rings is 3. The van der Waals surface area contributed by atoms with Crippen molar-refractivity contribution in [2.45, 2.75) is 11.8 Å². The number of fused-ring (bicyclic) bond motifs is 1. The van der Waals surface area contributed by atoms with Crippen LogP contribution in [0.25, 0.3) is 26.9 Å². The fourth-order valence-electron chi connectivity index (χ4n) is 3.93. The number of nitriles is 1. The fraction of sp³-hybridized carbons (Fsp3) is 0.148. The minimum atomic E-state index is -4.44. The summed E-state index contributed by atoms with van der Waals surface area (Å²) in [5.41, 5.74) is 3.06. The van der Waals surface area contributed by atoms with Gasteiger partial charge in [0.2, 0.25) is 0 Å². The van der Waals surface area contributed by atoms with Crippen molar-refractivity contribution in [2.24, 2.45) is 0 Å². The Labute approximate surface area is 240 Å². The summed E-state index contributed by atoms with van der Waals surface area (Å²) < 4.78 is 64.6. The molecule has 1 heterocycles. The number of aromatic nitrogens is 1. The van der Waals surface area contributed by atoms with Gasteiger partial charge in [-0.1, -0.05) is 18.2 Å². The molecule has 0 bridgehead atoms.